The molecule has 0 bridgehead atoms. The summed E-state index contributed by atoms with van der Waals surface area (Å²) >= 11 is 6.56. The molecule has 8 heteroatoms. The number of benzene rings is 1. The first-order valence-electron chi connectivity index (χ1n) is 5.67. The highest BCUT2D eigenvalue weighted by Gasteiger charge is 2.23. The van der Waals surface area contributed by atoms with E-state index >= 15 is 0 Å². The summed E-state index contributed by atoms with van der Waals surface area (Å²) in [6.45, 7) is 1.64. The monoisotopic (exact) mass is 432 g/mol. The van der Waals surface area contributed by atoms with Crippen molar-refractivity contribution in [2.45, 2.75) is 23.8 Å². The molecule has 0 unspecified atom stereocenters. The van der Waals surface area contributed by atoms with Crippen molar-refractivity contribution in [1.82, 2.24) is 10.0 Å². The second-order valence-corrected chi connectivity index (χ2v) is 7.69. The molecule has 0 spiro atoms. The minimum Gasteiger partial charge on any atom is -0.315 e. The van der Waals surface area contributed by atoms with E-state index in [1.165, 1.54) is 0 Å². The first-order chi connectivity index (χ1) is 8.49. The van der Waals surface area contributed by atoms with Crippen LogP contribution in [0, 0.1) is 0 Å². The van der Waals surface area contributed by atoms with Gasteiger partial charge in [-0.2, -0.15) is 0 Å². The molecule has 2 N–H and O–H groups in total. The minimum atomic E-state index is -3.48. The van der Waals surface area contributed by atoms with Crippen LogP contribution in [0.1, 0.15) is 12.8 Å². The van der Waals surface area contributed by atoms with Gasteiger partial charge in [0, 0.05) is 21.5 Å². The van der Waals surface area contributed by atoms with Crippen molar-refractivity contribution in [3.8, 4) is 0 Å². The molecule has 108 valence electrons. The van der Waals surface area contributed by atoms with Crippen molar-refractivity contribution in [2.75, 3.05) is 13.1 Å². The smallest absolute Gasteiger partial charge is 0.242 e. The zero-order valence-electron chi connectivity index (χ0n) is 10.0. The van der Waals surface area contributed by atoms with Gasteiger partial charge in [0.15, 0.2) is 0 Å². The van der Waals surface area contributed by atoms with E-state index in [-0.39, 0.29) is 23.3 Å². The molecule has 1 fully saturated rings. The Morgan fingerprint density at radius 2 is 2.05 bits per heavy atom. The Kier molecular flexibility index (Phi) is 6.75. The maximum Gasteiger partial charge on any atom is 0.242 e. The van der Waals surface area contributed by atoms with Crippen LogP contribution < -0.4 is 10.0 Å². The number of halogens is 3. The summed E-state index contributed by atoms with van der Waals surface area (Å²) < 4.78 is 28.6. The van der Waals surface area contributed by atoms with E-state index in [4.69, 9.17) is 0 Å². The van der Waals surface area contributed by atoms with Gasteiger partial charge in [-0.15, -0.1) is 12.4 Å². The summed E-state index contributed by atoms with van der Waals surface area (Å²) in [6, 6.07) is 5.08. The van der Waals surface area contributed by atoms with Crippen LogP contribution in [0.25, 0.3) is 0 Å². The van der Waals surface area contributed by atoms with Crippen LogP contribution in [0.15, 0.2) is 32.0 Å². The Morgan fingerprint density at radius 1 is 1.32 bits per heavy atom. The van der Waals surface area contributed by atoms with Gasteiger partial charge >= 0.3 is 0 Å². The van der Waals surface area contributed by atoms with E-state index in [0.29, 0.717) is 11.0 Å². The van der Waals surface area contributed by atoms with Crippen molar-refractivity contribution in [3.05, 3.63) is 27.1 Å². The quantitative estimate of drug-likeness (QED) is 0.769. The van der Waals surface area contributed by atoms with Gasteiger partial charge in [0.05, 0.1) is 4.90 Å². The van der Waals surface area contributed by atoms with Gasteiger partial charge in [0.2, 0.25) is 10.0 Å². The SMILES string of the molecule is Cl.O=S(=O)(N[C@H]1CCCNC1)c1cc(Br)ccc1Br. The van der Waals surface area contributed by atoms with E-state index in [2.05, 4.69) is 41.9 Å². The van der Waals surface area contributed by atoms with Crippen molar-refractivity contribution in [3.63, 3.8) is 0 Å². The van der Waals surface area contributed by atoms with Crippen LogP contribution in [-0.4, -0.2) is 27.5 Å². The molecule has 1 aromatic rings. The van der Waals surface area contributed by atoms with Gasteiger partial charge < -0.3 is 5.32 Å². The molecule has 1 aliphatic heterocycles. The van der Waals surface area contributed by atoms with E-state index in [1.54, 1.807) is 18.2 Å². The largest absolute Gasteiger partial charge is 0.315 e. The molecule has 4 nitrogen and oxygen atoms in total. The summed E-state index contributed by atoms with van der Waals surface area (Å²) in [7, 11) is -3.48. The van der Waals surface area contributed by atoms with Crippen LogP contribution in [0.2, 0.25) is 0 Å². The maximum absolute atomic E-state index is 12.3. The lowest BCUT2D eigenvalue weighted by atomic mass is 10.1. The van der Waals surface area contributed by atoms with Gasteiger partial charge in [-0.1, -0.05) is 15.9 Å². The highest BCUT2D eigenvalue weighted by atomic mass is 79.9. The molecular formula is C11H15Br2ClN2O2S. The van der Waals surface area contributed by atoms with Crippen LogP contribution in [0.4, 0.5) is 0 Å². The van der Waals surface area contributed by atoms with Gasteiger partial charge in [-0.3, -0.25) is 0 Å². The fourth-order valence-electron chi connectivity index (χ4n) is 1.92. The van der Waals surface area contributed by atoms with Crippen LogP contribution >= 0.6 is 44.3 Å². The van der Waals surface area contributed by atoms with Crippen LogP contribution in [0.3, 0.4) is 0 Å². The Hall–Kier alpha value is 0.340. The fraction of sp³-hybridized carbons (Fsp3) is 0.455. The highest BCUT2D eigenvalue weighted by Crippen LogP contribution is 2.26. The lowest BCUT2D eigenvalue weighted by molar-refractivity contribution is 0.428. The van der Waals surface area contributed by atoms with Gasteiger partial charge in [0.1, 0.15) is 0 Å². The summed E-state index contributed by atoms with van der Waals surface area (Å²) in [5, 5.41) is 3.19. The number of rotatable bonds is 3. The number of hydrogen-bond donors (Lipinski definition) is 2. The molecule has 19 heavy (non-hydrogen) atoms. The summed E-state index contributed by atoms with van der Waals surface area (Å²) in [6.07, 6.45) is 1.87. The fourth-order valence-corrected chi connectivity index (χ4v) is 4.69. The molecule has 2 rings (SSSR count). The lowest BCUT2D eigenvalue weighted by Gasteiger charge is -2.23. The van der Waals surface area contributed by atoms with Crippen LogP contribution in [0.5, 0.6) is 0 Å². The predicted octanol–water partition coefficient (Wildman–Crippen LogP) is 2.66. The van der Waals surface area contributed by atoms with E-state index < -0.39 is 10.0 Å². The Labute approximate surface area is 136 Å². The third kappa shape index (κ3) is 4.68. The lowest BCUT2D eigenvalue weighted by Crippen LogP contribution is -2.45. The molecule has 1 heterocycles. The molecule has 0 radical (unpaired) electrons. The van der Waals surface area contributed by atoms with Gasteiger partial charge in [-0.05, 0) is 53.5 Å². The summed E-state index contributed by atoms with van der Waals surface area (Å²) in [4.78, 5) is 0.266. The zero-order chi connectivity index (χ0) is 13.2. The average Bonchev–Trinajstić information content (AvgIpc) is 2.33. The van der Waals surface area contributed by atoms with Gasteiger partial charge in [-0.25, -0.2) is 13.1 Å². The molecule has 1 aromatic carbocycles. The number of nitrogens with one attached hydrogen (secondary N) is 2. The highest BCUT2D eigenvalue weighted by molar-refractivity contribution is 9.11. The minimum absolute atomic E-state index is 0. The normalized spacial score (nSPS) is 19.8. The second kappa shape index (κ2) is 7.38. The van der Waals surface area contributed by atoms with Crippen molar-refractivity contribution < 1.29 is 8.42 Å². The standard InChI is InChI=1S/C11H14Br2N2O2S.ClH/c12-8-3-4-10(13)11(6-8)18(16,17)15-9-2-1-5-14-7-9;/h3-4,6,9,14-15H,1-2,5,7H2;1H/t9-;/m0./s1. The third-order valence-electron chi connectivity index (χ3n) is 2.80. The van der Waals surface area contributed by atoms with Gasteiger partial charge in [0.25, 0.3) is 0 Å². The topological polar surface area (TPSA) is 58.2 Å². The predicted molar refractivity (Wildman–Crippen MR) is 85.3 cm³/mol. The molecule has 0 amide bonds. The first-order valence-corrected chi connectivity index (χ1v) is 8.74. The summed E-state index contributed by atoms with van der Waals surface area (Å²) in [5.74, 6) is 0. The molecule has 1 atom stereocenters. The van der Waals surface area contributed by atoms with Crippen molar-refractivity contribution in [1.29, 1.82) is 0 Å². The summed E-state index contributed by atoms with van der Waals surface area (Å²) in [5.41, 5.74) is 0. The van der Waals surface area contributed by atoms with Crippen LogP contribution in [-0.2, 0) is 10.0 Å². The molecule has 0 saturated carbocycles. The third-order valence-corrected chi connectivity index (χ3v) is 5.81. The Bertz CT molecular complexity index is 533. The molecule has 0 aliphatic carbocycles. The molecule has 1 aliphatic rings. The van der Waals surface area contributed by atoms with E-state index in [1.807, 2.05) is 0 Å². The van der Waals surface area contributed by atoms with E-state index in [9.17, 15) is 8.42 Å². The zero-order valence-corrected chi connectivity index (χ0v) is 14.8. The molecule has 1 saturated heterocycles. The van der Waals surface area contributed by atoms with Crippen molar-refractivity contribution in [2.24, 2.45) is 0 Å². The van der Waals surface area contributed by atoms with Crippen molar-refractivity contribution >= 4 is 54.3 Å². The molecular weight excluding hydrogens is 419 g/mol. The number of hydrogen-bond acceptors (Lipinski definition) is 3. The Balaban J connectivity index is 0.00000180. The number of piperidine rings is 1. The average molecular weight is 435 g/mol. The van der Waals surface area contributed by atoms with E-state index in [0.717, 1.165) is 23.9 Å². The molecule has 0 aromatic heterocycles. The number of sulfonamides is 1. The maximum atomic E-state index is 12.3. The first kappa shape index (κ1) is 17.4. The Morgan fingerprint density at radius 3 is 2.68 bits per heavy atom. The second-order valence-electron chi connectivity index (χ2n) is 4.24.